The highest BCUT2D eigenvalue weighted by atomic mass is 19.1. The van der Waals surface area contributed by atoms with Crippen LogP contribution in [0.25, 0.3) is 0 Å². The molecule has 2 saturated heterocycles. The lowest BCUT2D eigenvalue weighted by Gasteiger charge is -2.39. The van der Waals surface area contributed by atoms with Gasteiger partial charge in [0.15, 0.2) is 0 Å². The van der Waals surface area contributed by atoms with E-state index in [2.05, 4.69) is 0 Å². The van der Waals surface area contributed by atoms with E-state index in [1.165, 1.54) is 16.4 Å². The van der Waals surface area contributed by atoms with Crippen LogP contribution in [0.3, 0.4) is 0 Å². The number of carbonyl (C=O) groups excluding carboxylic acids is 3. The summed E-state index contributed by atoms with van der Waals surface area (Å²) in [5, 5.41) is 19.2. The van der Waals surface area contributed by atoms with Crippen molar-refractivity contribution in [3.05, 3.63) is 30.1 Å². The summed E-state index contributed by atoms with van der Waals surface area (Å²) in [5.41, 5.74) is 1.92. The number of para-hydroxylation sites is 1. The van der Waals surface area contributed by atoms with Crippen molar-refractivity contribution in [3.8, 4) is 0 Å². The fourth-order valence-electron chi connectivity index (χ4n) is 4.68. The zero-order valence-corrected chi connectivity index (χ0v) is 19.0. The minimum absolute atomic E-state index is 0.163. The Balaban J connectivity index is 1.66. The van der Waals surface area contributed by atoms with Crippen LogP contribution in [-0.4, -0.2) is 82.7 Å². The molecule has 2 heterocycles. The fraction of sp³-hybridized carbons (Fsp3) is 0.609. The standard InChI is InChI=1S/C23H33FN4O5/c1-2-3-7-16(20(29)21(30)25-33)22(31)28-11-6-10-19(28)23(32)27-14-12-26(13-15-27)18-9-5-4-8-17(18)24/h4-5,8-9,16,19-20,29,33H,2-3,6-7,10-15H2,1H3,(H,25,30)/t16-,19+,20+/m1/s1. The minimum Gasteiger partial charge on any atom is -0.382 e. The number of rotatable bonds is 8. The number of carbonyl (C=O) groups is 3. The average molecular weight is 465 g/mol. The normalized spacial score (nSPS) is 20.5. The second-order valence-electron chi connectivity index (χ2n) is 8.62. The Morgan fingerprint density at radius 2 is 1.85 bits per heavy atom. The van der Waals surface area contributed by atoms with Gasteiger partial charge in [-0.2, -0.15) is 0 Å². The fourth-order valence-corrected chi connectivity index (χ4v) is 4.68. The van der Waals surface area contributed by atoms with Crippen LogP contribution in [0.15, 0.2) is 24.3 Å². The van der Waals surface area contributed by atoms with Crippen LogP contribution in [0, 0.1) is 11.7 Å². The number of benzene rings is 1. The van der Waals surface area contributed by atoms with E-state index < -0.39 is 29.9 Å². The molecular formula is C23H33FN4O5. The molecule has 3 N–H and O–H groups in total. The smallest absolute Gasteiger partial charge is 0.272 e. The van der Waals surface area contributed by atoms with Crippen LogP contribution >= 0.6 is 0 Å². The van der Waals surface area contributed by atoms with Gasteiger partial charge >= 0.3 is 0 Å². The lowest BCUT2D eigenvalue weighted by atomic mass is 9.93. The molecule has 3 amide bonds. The molecule has 10 heteroatoms. The molecule has 2 aliphatic heterocycles. The molecule has 2 fully saturated rings. The Morgan fingerprint density at radius 1 is 1.15 bits per heavy atom. The number of aliphatic hydroxyl groups is 1. The lowest BCUT2D eigenvalue weighted by Crippen LogP contribution is -2.56. The molecule has 0 radical (unpaired) electrons. The van der Waals surface area contributed by atoms with Crippen LogP contribution in [-0.2, 0) is 14.4 Å². The van der Waals surface area contributed by atoms with Crippen LogP contribution in [0.2, 0.25) is 0 Å². The van der Waals surface area contributed by atoms with Crippen LogP contribution in [0.1, 0.15) is 39.0 Å². The first-order valence-corrected chi connectivity index (χ1v) is 11.6. The van der Waals surface area contributed by atoms with E-state index in [4.69, 9.17) is 5.21 Å². The van der Waals surface area contributed by atoms with Crippen molar-refractivity contribution >= 4 is 23.4 Å². The second-order valence-corrected chi connectivity index (χ2v) is 8.62. The summed E-state index contributed by atoms with van der Waals surface area (Å²) in [6, 6.07) is 5.90. The average Bonchev–Trinajstić information content (AvgIpc) is 3.33. The van der Waals surface area contributed by atoms with Gasteiger partial charge < -0.3 is 19.8 Å². The van der Waals surface area contributed by atoms with Crippen LogP contribution in [0.4, 0.5) is 10.1 Å². The lowest BCUT2D eigenvalue weighted by molar-refractivity contribution is -0.154. The number of hydrogen-bond donors (Lipinski definition) is 3. The molecular weight excluding hydrogens is 431 g/mol. The number of hydrogen-bond acceptors (Lipinski definition) is 6. The molecule has 182 valence electrons. The van der Waals surface area contributed by atoms with Crippen molar-refractivity contribution in [1.82, 2.24) is 15.3 Å². The number of nitrogens with one attached hydrogen (secondary N) is 1. The third-order valence-electron chi connectivity index (χ3n) is 6.55. The molecule has 0 saturated carbocycles. The number of piperazine rings is 1. The molecule has 9 nitrogen and oxygen atoms in total. The summed E-state index contributed by atoms with van der Waals surface area (Å²) in [7, 11) is 0. The molecule has 0 bridgehead atoms. The summed E-state index contributed by atoms with van der Waals surface area (Å²) in [6.07, 6.45) is 1.15. The molecule has 1 aromatic carbocycles. The van der Waals surface area contributed by atoms with Gasteiger partial charge in [-0.05, 0) is 31.4 Å². The van der Waals surface area contributed by atoms with Gasteiger partial charge in [-0.3, -0.25) is 19.6 Å². The van der Waals surface area contributed by atoms with E-state index in [0.717, 1.165) is 6.42 Å². The number of nitrogens with zero attached hydrogens (tertiary/aromatic N) is 3. The number of unbranched alkanes of at least 4 members (excludes halogenated alkanes) is 1. The molecule has 3 atom stereocenters. The van der Waals surface area contributed by atoms with Crippen molar-refractivity contribution in [2.24, 2.45) is 5.92 Å². The predicted molar refractivity (Wildman–Crippen MR) is 119 cm³/mol. The van der Waals surface area contributed by atoms with Crippen molar-refractivity contribution in [2.75, 3.05) is 37.6 Å². The summed E-state index contributed by atoms with van der Waals surface area (Å²) in [5.74, 6) is -2.96. The number of likely N-dealkylation sites (tertiary alicyclic amines) is 1. The molecule has 0 spiro atoms. The summed E-state index contributed by atoms with van der Waals surface area (Å²) in [4.78, 5) is 43.4. The quantitative estimate of drug-likeness (QED) is 0.393. The summed E-state index contributed by atoms with van der Waals surface area (Å²) >= 11 is 0. The highest BCUT2D eigenvalue weighted by molar-refractivity contribution is 5.92. The molecule has 0 aromatic heterocycles. The highest BCUT2D eigenvalue weighted by Crippen LogP contribution is 2.27. The number of hydroxylamine groups is 1. The summed E-state index contributed by atoms with van der Waals surface area (Å²) in [6.45, 7) is 4.12. The number of aliphatic hydroxyl groups excluding tert-OH is 1. The maximum atomic E-state index is 14.1. The molecule has 0 aliphatic carbocycles. The van der Waals surface area contributed by atoms with E-state index in [1.807, 2.05) is 11.8 Å². The first-order chi connectivity index (χ1) is 15.9. The van der Waals surface area contributed by atoms with E-state index in [9.17, 15) is 23.9 Å². The van der Waals surface area contributed by atoms with Gasteiger partial charge in [-0.25, -0.2) is 9.87 Å². The van der Waals surface area contributed by atoms with Crippen molar-refractivity contribution in [2.45, 2.75) is 51.2 Å². The van der Waals surface area contributed by atoms with Gasteiger partial charge in [0.1, 0.15) is 18.0 Å². The largest absolute Gasteiger partial charge is 0.382 e. The van der Waals surface area contributed by atoms with Crippen molar-refractivity contribution in [1.29, 1.82) is 0 Å². The SMILES string of the molecule is CCCC[C@@H](C(=O)N1CCC[C@H]1C(=O)N1CCN(c2ccccc2F)CC1)[C@H](O)C(=O)NO. The Morgan fingerprint density at radius 3 is 2.48 bits per heavy atom. The third-order valence-corrected chi connectivity index (χ3v) is 6.55. The van der Waals surface area contributed by atoms with Crippen LogP contribution in [0.5, 0.6) is 0 Å². The minimum atomic E-state index is -1.69. The molecule has 0 unspecified atom stereocenters. The van der Waals surface area contributed by atoms with E-state index in [-0.39, 0.29) is 18.1 Å². The second kappa shape index (κ2) is 11.4. The van der Waals surface area contributed by atoms with Crippen molar-refractivity contribution in [3.63, 3.8) is 0 Å². The predicted octanol–water partition coefficient (Wildman–Crippen LogP) is 1.14. The van der Waals surface area contributed by atoms with Gasteiger partial charge in [0.25, 0.3) is 5.91 Å². The van der Waals surface area contributed by atoms with E-state index >= 15 is 0 Å². The Hall–Kier alpha value is -2.72. The third kappa shape index (κ3) is 5.62. The van der Waals surface area contributed by atoms with Gasteiger partial charge in [0.2, 0.25) is 11.8 Å². The maximum Gasteiger partial charge on any atom is 0.272 e. The number of anilines is 1. The van der Waals surface area contributed by atoms with Gasteiger partial charge in [0, 0.05) is 32.7 Å². The monoisotopic (exact) mass is 464 g/mol. The summed E-state index contributed by atoms with van der Waals surface area (Å²) < 4.78 is 14.1. The first kappa shape index (κ1) is 24.9. The van der Waals surface area contributed by atoms with Gasteiger partial charge in [-0.15, -0.1) is 0 Å². The molecule has 3 rings (SSSR count). The molecule has 1 aromatic rings. The highest BCUT2D eigenvalue weighted by Gasteiger charge is 2.42. The van der Waals surface area contributed by atoms with E-state index in [1.54, 1.807) is 23.1 Å². The zero-order valence-electron chi connectivity index (χ0n) is 19.0. The van der Waals surface area contributed by atoms with Gasteiger partial charge in [0.05, 0.1) is 11.6 Å². The number of halogens is 1. The maximum absolute atomic E-state index is 14.1. The molecule has 33 heavy (non-hydrogen) atoms. The van der Waals surface area contributed by atoms with Crippen molar-refractivity contribution < 1.29 is 29.1 Å². The Bertz CT molecular complexity index is 846. The first-order valence-electron chi connectivity index (χ1n) is 11.6. The zero-order chi connectivity index (χ0) is 24.0. The van der Waals surface area contributed by atoms with Gasteiger partial charge in [-0.1, -0.05) is 31.9 Å². The van der Waals surface area contributed by atoms with Crippen LogP contribution < -0.4 is 10.4 Å². The number of amides is 3. The molecule has 2 aliphatic rings. The Kier molecular flexibility index (Phi) is 8.62. The Labute approximate surface area is 193 Å². The topological polar surface area (TPSA) is 113 Å². The van der Waals surface area contributed by atoms with E-state index in [0.29, 0.717) is 57.7 Å².